The van der Waals surface area contributed by atoms with Crippen molar-refractivity contribution >= 4 is 0 Å². The van der Waals surface area contributed by atoms with Crippen molar-refractivity contribution < 1.29 is 13.9 Å². The Hall–Kier alpha value is -0.930. The zero-order valence-corrected chi connectivity index (χ0v) is 8.21. The van der Waals surface area contributed by atoms with Gasteiger partial charge >= 0.3 is 0 Å². The van der Waals surface area contributed by atoms with E-state index >= 15 is 0 Å². The lowest BCUT2D eigenvalue weighted by Crippen LogP contribution is -2.15. The average Bonchev–Trinajstić information content (AvgIpc) is 2.11. The van der Waals surface area contributed by atoms with Crippen molar-refractivity contribution in [2.45, 2.75) is 13.2 Å². The van der Waals surface area contributed by atoms with Crippen LogP contribution in [0.4, 0.5) is 4.39 Å². The van der Waals surface area contributed by atoms with Gasteiger partial charge < -0.3 is 9.47 Å². The zero-order valence-electron chi connectivity index (χ0n) is 8.21. The third-order valence-corrected chi connectivity index (χ3v) is 1.49. The number of ether oxygens (including phenoxy) is 2. The molecule has 0 spiro atoms. The highest BCUT2D eigenvalue weighted by atomic mass is 19.1. The Morgan fingerprint density at radius 2 is 1.92 bits per heavy atom. The quantitative estimate of drug-likeness (QED) is 0.485. The van der Waals surface area contributed by atoms with Crippen LogP contribution in [0.1, 0.15) is 6.92 Å². The van der Waals surface area contributed by atoms with Crippen LogP contribution in [-0.2, 0) is 9.47 Å². The summed E-state index contributed by atoms with van der Waals surface area (Å²) in [5, 5.41) is 0. The predicted molar refractivity (Wildman–Crippen MR) is 51.0 cm³/mol. The summed E-state index contributed by atoms with van der Waals surface area (Å²) in [6.07, 6.45) is 4.09. The highest BCUT2D eigenvalue weighted by molar-refractivity contribution is 5.26. The van der Waals surface area contributed by atoms with Crippen LogP contribution >= 0.6 is 0 Å². The summed E-state index contributed by atoms with van der Waals surface area (Å²) in [7, 11) is 2.91. The van der Waals surface area contributed by atoms with Gasteiger partial charge in [-0.3, -0.25) is 0 Å². The van der Waals surface area contributed by atoms with Gasteiger partial charge in [0.05, 0.1) is 0 Å². The first-order chi connectivity index (χ1) is 6.17. The first-order valence-electron chi connectivity index (χ1n) is 3.88. The standard InChI is InChI=1S/C10H15FO2/c1-5-6-7-9(8(2)11)10(12-3)13-4/h5-7,10H,1H2,2-4H3/b7-6-,9-8-. The predicted octanol–water partition coefficient (Wildman–Crippen LogP) is 2.59. The second-order valence-electron chi connectivity index (χ2n) is 2.39. The number of halogens is 1. The summed E-state index contributed by atoms with van der Waals surface area (Å²) in [5.41, 5.74) is 0.366. The van der Waals surface area contributed by atoms with Gasteiger partial charge in [-0.05, 0) is 6.92 Å². The smallest absolute Gasteiger partial charge is 0.185 e. The summed E-state index contributed by atoms with van der Waals surface area (Å²) >= 11 is 0. The molecule has 0 aromatic carbocycles. The van der Waals surface area contributed by atoms with Crippen molar-refractivity contribution in [2.75, 3.05) is 14.2 Å². The summed E-state index contributed by atoms with van der Waals surface area (Å²) < 4.78 is 22.8. The lowest BCUT2D eigenvalue weighted by atomic mass is 10.2. The average molecular weight is 186 g/mol. The molecule has 0 N–H and O–H groups in total. The zero-order chi connectivity index (χ0) is 10.3. The Kier molecular flexibility index (Phi) is 6.10. The van der Waals surface area contributed by atoms with Gasteiger partial charge in [0.25, 0.3) is 0 Å². The topological polar surface area (TPSA) is 18.5 Å². The van der Waals surface area contributed by atoms with E-state index in [2.05, 4.69) is 6.58 Å². The normalized spacial score (nSPS) is 13.6. The minimum Gasteiger partial charge on any atom is -0.352 e. The molecule has 0 heterocycles. The van der Waals surface area contributed by atoms with Crippen LogP contribution in [0, 0.1) is 0 Å². The third-order valence-electron chi connectivity index (χ3n) is 1.49. The van der Waals surface area contributed by atoms with Gasteiger partial charge in [-0.25, -0.2) is 4.39 Å². The fourth-order valence-electron chi connectivity index (χ4n) is 0.878. The van der Waals surface area contributed by atoms with Gasteiger partial charge in [0.1, 0.15) is 5.83 Å². The highest BCUT2D eigenvalue weighted by Crippen LogP contribution is 2.15. The Balaban J connectivity index is 4.70. The molecule has 0 bridgehead atoms. The number of allylic oxidation sites excluding steroid dienone is 3. The van der Waals surface area contributed by atoms with Crippen LogP contribution in [-0.4, -0.2) is 20.5 Å². The van der Waals surface area contributed by atoms with Crippen molar-refractivity contribution in [1.82, 2.24) is 0 Å². The first-order valence-corrected chi connectivity index (χ1v) is 3.88. The lowest BCUT2D eigenvalue weighted by molar-refractivity contribution is -0.0738. The summed E-state index contributed by atoms with van der Waals surface area (Å²) in [6.45, 7) is 4.84. The monoisotopic (exact) mass is 186 g/mol. The van der Waals surface area contributed by atoms with E-state index in [-0.39, 0.29) is 5.83 Å². The van der Waals surface area contributed by atoms with Gasteiger partial charge in [-0.2, -0.15) is 0 Å². The Morgan fingerprint density at radius 1 is 1.38 bits per heavy atom. The summed E-state index contributed by atoms with van der Waals surface area (Å²) in [5.74, 6) is -0.327. The Bertz CT molecular complexity index is 211. The minimum atomic E-state index is -0.666. The molecule has 0 amide bonds. The van der Waals surface area contributed by atoms with Crippen molar-refractivity contribution in [3.63, 3.8) is 0 Å². The molecule has 0 fully saturated rings. The molecular formula is C10H15FO2. The summed E-state index contributed by atoms with van der Waals surface area (Å²) in [4.78, 5) is 0. The molecule has 0 unspecified atom stereocenters. The molecule has 0 aromatic heterocycles. The van der Waals surface area contributed by atoms with Crippen LogP contribution < -0.4 is 0 Å². The first kappa shape index (κ1) is 12.1. The largest absolute Gasteiger partial charge is 0.352 e. The number of hydrogen-bond donors (Lipinski definition) is 0. The molecule has 0 aliphatic heterocycles. The van der Waals surface area contributed by atoms with Gasteiger partial charge in [-0.1, -0.05) is 24.8 Å². The van der Waals surface area contributed by atoms with E-state index in [1.54, 1.807) is 18.2 Å². The molecule has 0 atom stereocenters. The number of hydrogen-bond acceptors (Lipinski definition) is 2. The van der Waals surface area contributed by atoms with Crippen LogP contribution in [0.25, 0.3) is 0 Å². The number of methoxy groups -OCH3 is 2. The minimum absolute atomic E-state index is 0.327. The second-order valence-corrected chi connectivity index (χ2v) is 2.39. The van der Waals surface area contributed by atoms with E-state index in [0.717, 1.165) is 0 Å². The second kappa shape index (κ2) is 6.57. The van der Waals surface area contributed by atoms with Gasteiger partial charge in [0, 0.05) is 19.8 Å². The number of rotatable bonds is 5. The van der Waals surface area contributed by atoms with Gasteiger partial charge in [0.15, 0.2) is 6.29 Å². The van der Waals surface area contributed by atoms with Crippen molar-refractivity contribution in [2.24, 2.45) is 0 Å². The van der Waals surface area contributed by atoms with Crippen molar-refractivity contribution in [3.8, 4) is 0 Å². The van der Waals surface area contributed by atoms with Crippen LogP contribution in [0.3, 0.4) is 0 Å². The van der Waals surface area contributed by atoms with E-state index in [4.69, 9.17) is 9.47 Å². The Labute approximate surface area is 78.3 Å². The SMILES string of the molecule is C=C/C=C\C(=C(/C)F)C(OC)OC. The maximum atomic E-state index is 12.9. The Morgan fingerprint density at radius 3 is 2.23 bits per heavy atom. The lowest BCUT2D eigenvalue weighted by Gasteiger charge is -2.14. The molecular weight excluding hydrogens is 171 g/mol. The van der Waals surface area contributed by atoms with Crippen molar-refractivity contribution in [1.29, 1.82) is 0 Å². The fraction of sp³-hybridized carbons (Fsp3) is 0.400. The van der Waals surface area contributed by atoms with E-state index in [1.165, 1.54) is 21.1 Å². The molecule has 0 saturated carbocycles. The van der Waals surface area contributed by atoms with Crippen LogP contribution in [0.2, 0.25) is 0 Å². The highest BCUT2D eigenvalue weighted by Gasteiger charge is 2.12. The van der Waals surface area contributed by atoms with Crippen molar-refractivity contribution in [3.05, 3.63) is 36.2 Å². The van der Waals surface area contributed by atoms with E-state index in [1.807, 2.05) is 0 Å². The van der Waals surface area contributed by atoms with E-state index in [9.17, 15) is 4.39 Å². The molecule has 74 valence electrons. The summed E-state index contributed by atoms with van der Waals surface area (Å²) in [6, 6.07) is 0. The molecule has 0 aliphatic carbocycles. The van der Waals surface area contributed by atoms with E-state index < -0.39 is 6.29 Å². The maximum Gasteiger partial charge on any atom is 0.185 e. The van der Waals surface area contributed by atoms with Crippen LogP contribution in [0.5, 0.6) is 0 Å². The molecule has 3 heteroatoms. The third kappa shape index (κ3) is 4.01. The maximum absolute atomic E-state index is 12.9. The van der Waals surface area contributed by atoms with Gasteiger partial charge in [-0.15, -0.1) is 0 Å². The van der Waals surface area contributed by atoms with E-state index in [0.29, 0.717) is 5.57 Å². The van der Waals surface area contributed by atoms with Gasteiger partial charge in [0.2, 0.25) is 0 Å². The molecule has 0 aromatic rings. The van der Waals surface area contributed by atoms with Crippen LogP contribution in [0.15, 0.2) is 36.2 Å². The molecule has 2 nitrogen and oxygen atoms in total. The molecule has 0 radical (unpaired) electrons. The fourth-order valence-corrected chi connectivity index (χ4v) is 0.878. The molecule has 0 rings (SSSR count). The molecule has 0 aliphatic rings. The molecule has 0 saturated heterocycles. The molecule has 13 heavy (non-hydrogen) atoms.